The lowest BCUT2D eigenvalue weighted by Gasteiger charge is -2.21. The molecule has 0 heterocycles. The minimum Gasteiger partial charge on any atom is -0.497 e. The van der Waals surface area contributed by atoms with Crippen LogP contribution in [-0.4, -0.2) is 13.2 Å². The van der Waals surface area contributed by atoms with E-state index in [2.05, 4.69) is 38.2 Å². The Hall–Kier alpha value is -1.18. The van der Waals surface area contributed by atoms with Crippen LogP contribution in [-0.2, 0) is 0 Å². The molecule has 0 fully saturated rings. The Bertz CT molecular complexity index is 281. The number of hydrogen-bond acceptors (Lipinski definition) is 2. The highest BCUT2D eigenvalue weighted by molar-refractivity contribution is 5.47. The molecule has 84 valence electrons. The van der Waals surface area contributed by atoms with E-state index in [1.54, 1.807) is 7.11 Å². The maximum atomic E-state index is 5.11. The Morgan fingerprint density at radius 1 is 1.20 bits per heavy atom. The first kappa shape index (κ1) is 11.9. The second kappa shape index (κ2) is 5.64. The Kier molecular flexibility index (Phi) is 4.47. The van der Waals surface area contributed by atoms with Gasteiger partial charge in [-0.15, -0.1) is 0 Å². The van der Waals surface area contributed by atoms with E-state index < -0.39 is 0 Å². The highest BCUT2D eigenvalue weighted by Gasteiger charge is 2.09. The quantitative estimate of drug-likeness (QED) is 0.797. The van der Waals surface area contributed by atoms with Crippen LogP contribution in [0.4, 0.5) is 5.69 Å². The van der Waals surface area contributed by atoms with Crippen LogP contribution in [0.25, 0.3) is 0 Å². The number of nitrogens with one attached hydrogen (secondary N) is 1. The molecule has 2 unspecified atom stereocenters. The van der Waals surface area contributed by atoms with E-state index in [1.807, 2.05) is 12.1 Å². The van der Waals surface area contributed by atoms with Gasteiger partial charge in [-0.05, 0) is 37.1 Å². The van der Waals surface area contributed by atoms with Crippen LogP contribution in [0.3, 0.4) is 0 Å². The predicted octanol–water partition coefficient (Wildman–Crippen LogP) is 3.54. The monoisotopic (exact) mass is 207 g/mol. The van der Waals surface area contributed by atoms with Crippen molar-refractivity contribution in [3.8, 4) is 5.75 Å². The molecular weight excluding hydrogens is 186 g/mol. The van der Waals surface area contributed by atoms with Gasteiger partial charge in [-0.1, -0.05) is 20.3 Å². The van der Waals surface area contributed by atoms with Gasteiger partial charge in [-0.3, -0.25) is 0 Å². The smallest absolute Gasteiger partial charge is 0.119 e. The van der Waals surface area contributed by atoms with Gasteiger partial charge < -0.3 is 10.1 Å². The molecule has 2 heteroatoms. The first-order valence-corrected chi connectivity index (χ1v) is 5.58. The summed E-state index contributed by atoms with van der Waals surface area (Å²) in [6.45, 7) is 6.70. The zero-order chi connectivity index (χ0) is 11.3. The fourth-order valence-corrected chi connectivity index (χ4v) is 1.45. The van der Waals surface area contributed by atoms with Gasteiger partial charge in [0.05, 0.1) is 7.11 Å². The van der Waals surface area contributed by atoms with Crippen LogP contribution < -0.4 is 10.1 Å². The molecule has 2 atom stereocenters. The third-order valence-corrected chi connectivity index (χ3v) is 2.98. The number of methoxy groups -OCH3 is 1. The van der Waals surface area contributed by atoms with Crippen LogP contribution in [0.15, 0.2) is 24.3 Å². The lowest BCUT2D eigenvalue weighted by Crippen LogP contribution is -2.23. The summed E-state index contributed by atoms with van der Waals surface area (Å²) in [7, 11) is 1.68. The molecule has 0 aliphatic carbocycles. The number of rotatable bonds is 5. The molecule has 1 aromatic rings. The average Bonchev–Trinajstić information content (AvgIpc) is 2.29. The molecule has 0 aliphatic rings. The van der Waals surface area contributed by atoms with Crippen molar-refractivity contribution in [3.05, 3.63) is 24.3 Å². The Balaban J connectivity index is 2.57. The van der Waals surface area contributed by atoms with Gasteiger partial charge in [-0.25, -0.2) is 0 Å². The average molecular weight is 207 g/mol. The topological polar surface area (TPSA) is 21.3 Å². The first-order valence-electron chi connectivity index (χ1n) is 5.58. The molecule has 0 saturated heterocycles. The third kappa shape index (κ3) is 3.46. The summed E-state index contributed by atoms with van der Waals surface area (Å²) in [5.41, 5.74) is 1.16. The maximum Gasteiger partial charge on any atom is 0.119 e. The second-order valence-corrected chi connectivity index (χ2v) is 4.05. The summed E-state index contributed by atoms with van der Waals surface area (Å²) in [6.07, 6.45) is 1.20. The second-order valence-electron chi connectivity index (χ2n) is 4.05. The van der Waals surface area contributed by atoms with Gasteiger partial charge in [0.1, 0.15) is 5.75 Å². The van der Waals surface area contributed by atoms with Crippen LogP contribution in [0.2, 0.25) is 0 Å². The molecular formula is C13H21NO. The molecule has 0 spiro atoms. The molecule has 0 bridgehead atoms. The van der Waals surface area contributed by atoms with Gasteiger partial charge in [0.2, 0.25) is 0 Å². The largest absolute Gasteiger partial charge is 0.497 e. The van der Waals surface area contributed by atoms with Crippen molar-refractivity contribution in [1.82, 2.24) is 0 Å². The van der Waals surface area contributed by atoms with E-state index in [9.17, 15) is 0 Å². The maximum absolute atomic E-state index is 5.11. The van der Waals surface area contributed by atoms with E-state index in [0.717, 1.165) is 11.4 Å². The summed E-state index contributed by atoms with van der Waals surface area (Å²) in [4.78, 5) is 0. The van der Waals surface area contributed by atoms with Crippen LogP contribution in [0.5, 0.6) is 5.75 Å². The van der Waals surface area contributed by atoms with Gasteiger partial charge in [0.25, 0.3) is 0 Å². The number of hydrogen-bond donors (Lipinski definition) is 1. The lowest BCUT2D eigenvalue weighted by atomic mass is 10.0. The van der Waals surface area contributed by atoms with Gasteiger partial charge in [-0.2, -0.15) is 0 Å². The third-order valence-electron chi connectivity index (χ3n) is 2.98. The van der Waals surface area contributed by atoms with E-state index >= 15 is 0 Å². The van der Waals surface area contributed by atoms with Crippen molar-refractivity contribution in [3.63, 3.8) is 0 Å². The normalized spacial score (nSPS) is 14.4. The summed E-state index contributed by atoms with van der Waals surface area (Å²) in [6, 6.07) is 8.57. The summed E-state index contributed by atoms with van der Waals surface area (Å²) < 4.78 is 5.11. The highest BCUT2D eigenvalue weighted by atomic mass is 16.5. The SMILES string of the molecule is CCC(C)C(C)Nc1ccc(OC)cc1. The fraction of sp³-hybridized carbons (Fsp3) is 0.538. The minimum atomic E-state index is 0.503. The standard InChI is InChI=1S/C13H21NO/c1-5-10(2)11(3)14-12-6-8-13(15-4)9-7-12/h6-11,14H,5H2,1-4H3. The molecule has 0 amide bonds. The van der Waals surface area contributed by atoms with Crippen molar-refractivity contribution >= 4 is 5.69 Å². The number of ether oxygens (including phenoxy) is 1. The highest BCUT2D eigenvalue weighted by Crippen LogP contribution is 2.18. The van der Waals surface area contributed by atoms with Crippen molar-refractivity contribution in [2.75, 3.05) is 12.4 Å². The zero-order valence-electron chi connectivity index (χ0n) is 10.1. The van der Waals surface area contributed by atoms with E-state index in [0.29, 0.717) is 12.0 Å². The minimum absolute atomic E-state index is 0.503. The Morgan fingerprint density at radius 2 is 1.80 bits per heavy atom. The van der Waals surface area contributed by atoms with Crippen LogP contribution in [0, 0.1) is 5.92 Å². The molecule has 1 aromatic carbocycles. The Morgan fingerprint density at radius 3 is 2.27 bits per heavy atom. The van der Waals surface area contributed by atoms with Gasteiger partial charge >= 0.3 is 0 Å². The van der Waals surface area contributed by atoms with E-state index in [4.69, 9.17) is 4.74 Å². The van der Waals surface area contributed by atoms with Crippen LogP contribution in [0.1, 0.15) is 27.2 Å². The first-order chi connectivity index (χ1) is 7.17. The molecule has 15 heavy (non-hydrogen) atoms. The zero-order valence-corrected chi connectivity index (χ0v) is 10.1. The molecule has 0 radical (unpaired) electrons. The molecule has 0 aromatic heterocycles. The predicted molar refractivity (Wildman–Crippen MR) is 65.5 cm³/mol. The van der Waals surface area contributed by atoms with Crippen molar-refractivity contribution < 1.29 is 4.74 Å². The van der Waals surface area contributed by atoms with Gasteiger partial charge in [0.15, 0.2) is 0 Å². The van der Waals surface area contributed by atoms with E-state index in [-0.39, 0.29) is 0 Å². The lowest BCUT2D eigenvalue weighted by molar-refractivity contribution is 0.415. The molecule has 1 N–H and O–H groups in total. The molecule has 0 saturated carbocycles. The fourth-order valence-electron chi connectivity index (χ4n) is 1.45. The number of benzene rings is 1. The number of anilines is 1. The van der Waals surface area contributed by atoms with Crippen molar-refractivity contribution in [1.29, 1.82) is 0 Å². The van der Waals surface area contributed by atoms with E-state index in [1.165, 1.54) is 6.42 Å². The van der Waals surface area contributed by atoms with Crippen molar-refractivity contribution in [2.24, 2.45) is 5.92 Å². The molecule has 1 rings (SSSR count). The summed E-state index contributed by atoms with van der Waals surface area (Å²) >= 11 is 0. The van der Waals surface area contributed by atoms with Gasteiger partial charge in [0, 0.05) is 11.7 Å². The summed E-state index contributed by atoms with van der Waals surface area (Å²) in [5, 5.41) is 3.49. The summed E-state index contributed by atoms with van der Waals surface area (Å²) in [5.74, 6) is 1.59. The molecule has 0 aliphatic heterocycles. The van der Waals surface area contributed by atoms with Crippen LogP contribution >= 0.6 is 0 Å². The Labute approximate surface area is 92.6 Å². The van der Waals surface area contributed by atoms with Crippen molar-refractivity contribution in [2.45, 2.75) is 33.2 Å². The molecule has 2 nitrogen and oxygen atoms in total.